The van der Waals surface area contributed by atoms with Gasteiger partial charge in [0.25, 0.3) is 0 Å². The van der Waals surface area contributed by atoms with Crippen molar-refractivity contribution in [3.63, 3.8) is 0 Å². The Bertz CT molecular complexity index is 361. The van der Waals surface area contributed by atoms with Crippen LogP contribution in [0, 0.1) is 5.92 Å². The van der Waals surface area contributed by atoms with Gasteiger partial charge in [-0.2, -0.15) is 0 Å². The maximum atomic E-state index is 6.02. The molecule has 1 unspecified atom stereocenters. The molecule has 0 aromatic carbocycles. The molecule has 2 N–H and O–H groups in total. The van der Waals surface area contributed by atoms with Gasteiger partial charge in [-0.05, 0) is 31.6 Å². The molecule has 3 rings (SSSR count). The van der Waals surface area contributed by atoms with Crippen LogP contribution in [-0.2, 0) is 0 Å². The lowest BCUT2D eigenvalue weighted by molar-refractivity contribution is 0.312. The second-order valence-corrected chi connectivity index (χ2v) is 5.70. The predicted octanol–water partition coefficient (Wildman–Crippen LogP) is 2.84. The van der Waals surface area contributed by atoms with Crippen molar-refractivity contribution in [2.45, 2.75) is 56.9 Å². The van der Waals surface area contributed by atoms with E-state index in [2.05, 4.69) is 15.7 Å². The van der Waals surface area contributed by atoms with Crippen LogP contribution < -0.4 is 5.73 Å². The quantitative estimate of drug-likeness (QED) is 0.869. The molecule has 2 aliphatic rings. The highest BCUT2D eigenvalue weighted by molar-refractivity contribution is 5.11. The average molecular weight is 233 g/mol. The van der Waals surface area contributed by atoms with E-state index in [-0.39, 0.29) is 0 Å². The van der Waals surface area contributed by atoms with Gasteiger partial charge in [-0.25, -0.2) is 4.98 Å². The molecular formula is C14H23N3. The molecule has 1 atom stereocenters. The molecule has 2 aliphatic carbocycles. The summed E-state index contributed by atoms with van der Waals surface area (Å²) in [5.74, 6) is 1.54. The molecule has 1 aromatic rings. The fourth-order valence-corrected chi connectivity index (χ4v) is 3.49. The van der Waals surface area contributed by atoms with Crippen LogP contribution >= 0.6 is 0 Å². The molecule has 94 valence electrons. The van der Waals surface area contributed by atoms with Crippen molar-refractivity contribution in [1.82, 2.24) is 9.55 Å². The van der Waals surface area contributed by atoms with Crippen LogP contribution in [0.3, 0.4) is 0 Å². The number of hydrogen-bond donors (Lipinski definition) is 1. The van der Waals surface area contributed by atoms with Gasteiger partial charge in [-0.3, -0.25) is 0 Å². The summed E-state index contributed by atoms with van der Waals surface area (Å²) in [6.45, 7) is 0.765. The Balaban J connectivity index is 1.82. The van der Waals surface area contributed by atoms with Crippen LogP contribution in [0.25, 0.3) is 0 Å². The molecule has 2 saturated carbocycles. The zero-order valence-corrected chi connectivity index (χ0v) is 10.5. The number of rotatable bonds is 4. The van der Waals surface area contributed by atoms with Crippen LogP contribution in [0.1, 0.15) is 62.6 Å². The minimum absolute atomic E-state index is 0.496. The summed E-state index contributed by atoms with van der Waals surface area (Å²) >= 11 is 0. The minimum Gasteiger partial charge on any atom is -0.330 e. The number of imidazole rings is 1. The monoisotopic (exact) mass is 233 g/mol. The highest BCUT2D eigenvalue weighted by atomic mass is 15.1. The highest BCUT2D eigenvalue weighted by Crippen LogP contribution is 2.40. The molecule has 1 aromatic heterocycles. The number of nitrogens with two attached hydrogens (primary N) is 1. The van der Waals surface area contributed by atoms with Gasteiger partial charge in [0.1, 0.15) is 0 Å². The first kappa shape index (κ1) is 11.3. The lowest BCUT2D eigenvalue weighted by Crippen LogP contribution is -2.28. The Labute approximate surface area is 103 Å². The minimum atomic E-state index is 0.496. The fourth-order valence-electron chi connectivity index (χ4n) is 3.49. The third-order valence-electron chi connectivity index (χ3n) is 4.76. The van der Waals surface area contributed by atoms with Crippen molar-refractivity contribution in [2.75, 3.05) is 6.54 Å². The van der Waals surface area contributed by atoms with Crippen LogP contribution in [0.15, 0.2) is 12.5 Å². The topological polar surface area (TPSA) is 43.8 Å². The van der Waals surface area contributed by atoms with E-state index in [9.17, 15) is 0 Å². The standard InChI is InChI=1S/C14H23N3/c15-8-13(11-4-1-2-5-11)17-10-16-9-14(17)12-6-3-7-12/h9-13H,1-8,15H2. The van der Waals surface area contributed by atoms with Crippen molar-refractivity contribution in [1.29, 1.82) is 0 Å². The van der Waals surface area contributed by atoms with Crippen LogP contribution in [0.5, 0.6) is 0 Å². The van der Waals surface area contributed by atoms with Crippen molar-refractivity contribution in [3.8, 4) is 0 Å². The first-order valence-electron chi connectivity index (χ1n) is 7.12. The summed E-state index contributed by atoms with van der Waals surface area (Å²) < 4.78 is 2.40. The van der Waals surface area contributed by atoms with E-state index >= 15 is 0 Å². The summed E-state index contributed by atoms with van der Waals surface area (Å²) in [6, 6.07) is 0.496. The number of hydrogen-bond acceptors (Lipinski definition) is 2. The Morgan fingerprint density at radius 2 is 2.00 bits per heavy atom. The lowest BCUT2D eigenvalue weighted by atomic mass is 9.82. The zero-order valence-electron chi connectivity index (χ0n) is 10.5. The van der Waals surface area contributed by atoms with E-state index in [1.807, 2.05) is 6.33 Å². The second-order valence-electron chi connectivity index (χ2n) is 5.70. The molecule has 2 fully saturated rings. The van der Waals surface area contributed by atoms with E-state index in [0.717, 1.165) is 18.4 Å². The third-order valence-corrected chi connectivity index (χ3v) is 4.76. The van der Waals surface area contributed by atoms with Gasteiger partial charge in [0.05, 0.1) is 6.33 Å². The fraction of sp³-hybridized carbons (Fsp3) is 0.786. The highest BCUT2D eigenvalue weighted by Gasteiger charge is 2.30. The maximum absolute atomic E-state index is 6.02. The van der Waals surface area contributed by atoms with E-state index in [4.69, 9.17) is 5.73 Å². The van der Waals surface area contributed by atoms with Gasteiger partial charge < -0.3 is 10.3 Å². The summed E-state index contributed by atoms with van der Waals surface area (Å²) in [5.41, 5.74) is 7.47. The molecule has 0 amide bonds. The van der Waals surface area contributed by atoms with Crippen LogP contribution in [0.4, 0.5) is 0 Å². The van der Waals surface area contributed by atoms with Gasteiger partial charge in [-0.1, -0.05) is 19.3 Å². The van der Waals surface area contributed by atoms with Gasteiger partial charge in [0, 0.05) is 30.4 Å². The van der Waals surface area contributed by atoms with E-state index in [1.165, 1.54) is 50.6 Å². The van der Waals surface area contributed by atoms with E-state index in [1.54, 1.807) is 0 Å². The summed E-state index contributed by atoms with van der Waals surface area (Å²) in [4.78, 5) is 4.37. The van der Waals surface area contributed by atoms with Crippen molar-refractivity contribution in [2.24, 2.45) is 11.7 Å². The first-order valence-corrected chi connectivity index (χ1v) is 7.12. The van der Waals surface area contributed by atoms with Crippen LogP contribution in [0.2, 0.25) is 0 Å². The molecule has 3 heteroatoms. The summed E-state index contributed by atoms with van der Waals surface area (Å²) in [6.07, 6.45) is 13.6. The Morgan fingerprint density at radius 3 is 2.59 bits per heavy atom. The van der Waals surface area contributed by atoms with E-state index in [0.29, 0.717) is 6.04 Å². The van der Waals surface area contributed by atoms with Crippen molar-refractivity contribution >= 4 is 0 Å². The summed E-state index contributed by atoms with van der Waals surface area (Å²) in [7, 11) is 0. The molecule has 0 aliphatic heterocycles. The molecule has 17 heavy (non-hydrogen) atoms. The molecule has 0 radical (unpaired) electrons. The van der Waals surface area contributed by atoms with E-state index < -0.39 is 0 Å². The molecule has 0 saturated heterocycles. The number of aromatic nitrogens is 2. The molecule has 0 bridgehead atoms. The zero-order chi connectivity index (χ0) is 11.7. The third kappa shape index (κ3) is 2.01. The molecule has 3 nitrogen and oxygen atoms in total. The molecular weight excluding hydrogens is 210 g/mol. The first-order chi connectivity index (χ1) is 8.40. The lowest BCUT2D eigenvalue weighted by Gasteiger charge is -2.31. The molecule has 0 spiro atoms. The second kappa shape index (κ2) is 4.81. The van der Waals surface area contributed by atoms with Crippen molar-refractivity contribution in [3.05, 3.63) is 18.2 Å². The average Bonchev–Trinajstić information content (AvgIpc) is 2.89. The van der Waals surface area contributed by atoms with Crippen LogP contribution in [-0.4, -0.2) is 16.1 Å². The Kier molecular flexibility index (Phi) is 3.19. The smallest absolute Gasteiger partial charge is 0.0951 e. The molecule has 1 heterocycles. The van der Waals surface area contributed by atoms with Gasteiger partial charge in [-0.15, -0.1) is 0 Å². The van der Waals surface area contributed by atoms with Crippen molar-refractivity contribution < 1.29 is 0 Å². The van der Waals surface area contributed by atoms with Gasteiger partial charge >= 0.3 is 0 Å². The summed E-state index contributed by atoms with van der Waals surface area (Å²) in [5, 5.41) is 0. The van der Waals surface area contributed by atoms with Gasteiger partial charge in [0.15, 0.2) is 0 Å². The number of nitrogens with zero attached hydrogens (tertiary/aromatic N) is 2. The largest absolute Gasteiger partial charge is 0.330 e. The Morgan fingerprint density at radius 1 is 1.24 bits per heavy atom. The SMILES string of the molecule is NCC(C1CCCC1)n1cncc1C1CCC1. The van der Waals surface area contributed by atoms with Gasteiger partial charge in [0.2, 0.25) is 0 Å². The normalized spacial score (nSPS) is 23.8. The maximum Gasteiger partial charge on any atom is 0.0951 e. The Hall–Kier alpha value is -0.830. The predicted molar refractivity (Wildman–Crippen MR) is 68.9 cm³/mol.